The van der Waals surface area contributed by atoms with Crippen LogP contribution in [0.15, 0.2) is 72.8 Å². The van der Waals surface area contributed by atoms with Gasteiger partial charge >= 0.3 is 47.8 Å². The van der Waals surface area contributed by atoms with Gasteiger partial charge in [0.15, 0.2) is 128 Å². The number of carbonyl (C=O) groups excluding carboxylic acids is 8. The van der Waals surface area contributed by atoms with E-state index < -0.39 is 328 Å². The molecule has 0 unspecified atom stereocenters. The summed E-state index contributed by atoms with van der Waals surface area (Å²) in [6.45, 7) is -2.75. The maximum atomic E-state index is 15.4. The topological polar surface area (TPSA) is 733 Å². The summed E-state index contributed by atoms with van der Waals surface area (Å²) in [6, 6.07) is 4.72. The SMILES string of the molecule is O=C(O[C@@H]1O[C@@H]2COC(=O)c3cc(O)c(O)c(O)c3-c3c(cc(O)c(O)c3O)C(=O)O[C@H]2[C@H](OC(=O)c2cc(O)c(O)c(O)c2)[C@H]1OC(=O)c1cc(O)c(O)c(O)c1Oc1cc2c(c(O)c1O)Oc1cc(cc(O)c1O)C(=O)O[C@@H]1O[C@H](CO)[C@@H](O)[C@H](OC(=O)c3cc(O)c(O)c(O)c3)[C@H]1OC2=O)c1cc(O)c(O)c(O)c1. The van der Waals surface area contributed by atoms with Gasteiger partial charge in [0.1, 0.15) is 36.0 Å². The lowest BCUT2D eigenvalue weighted by atomic mass is 9.92. The Kier molecular flexibility index (Phi) is 19.5. The summed E-state index contributed by atoms with van der Waals surface area (Å²) >= 11 is 0. The van der Waals surface area contributed by atoms with E-state index in [-0.39, 0.29) is 18.2 Å². The van der Waals surface area contributed by atoms with Crippen molar-refractivity contribution in [3.05, 3.63) is 117 Å². The second-order valence-corrected chi connectivity index (χ2v) is 24.1. The molecule has 2 saturated heterocycles. The van der Waals surface area contributed by atoms with Crippen molar-refractivity contribution in [1.29, 1.82) is 0 Å². The van der Waals surface area contributed by atoms with Crippen molar-refractivity contribution < 1.29 is 218 Å². The molecule has 44 nitrogen and oxygen atoms in total. The Morgan fingerprint density at radius 3 is 1.37 bits per heavy atom. The Hall–Kier alpha value is -15.4. The van der Waals surface area contributed by atoms with Crippen molar-refractivity contribution in [1.82, 2.24) is 0 Å². The van der Waals surface area contributed by atoms with Gasteiger partial charge in [0, 0.05) is 23.3 Å². The number of fused-ring (bicyclic) bond motifs is 8. The van der Waals surface area contributed by atoms with Crippen LogP contribution in [0.1, 0.15) is 82.9 Å². The molecule has 10 atom stereocenters. The quantitative estimate of drug-likeness (QED) is 0.0501. The second-order valence-electron chi connectivity index (χ2n) is 24.1. The number of ether oxygens (including phenoxy) is 12. The second kappa shape index (κ2) is 28.7. The van der Waals surface area contributed by atoms with E-state index in [1.165, 1.54) is 0 Å². The number of aromatic hydroxyl groups is 22. The van der Waals surface area contributed by atoms with E-state index in [0.717, 1.165) is 0 Å². The summed E-state index contributed by atoms with van der Waals surface area (Å²) in [4.78, 5) is 116. The number of aliphatic hydroxyl groups excluding tert-OH is 2. The zero-order valence-corrected chi connectivity index (χ0v) is 55.0. The number of hydrogen-bond acceptors (Lipinski definition) is 44. The third-order valence-electron chi connectivity index (χ3n) is 17.1. The number of esters is 8. The summed E-state index contributed by atoms with van der Waals surface area (Å²) < 4.78 is 67.5. The van der Waals surface area contributed by atoms with Gasteiger partial charge < -0.3 is 179 Å². The van der Waals surface area contributed by atoms with Gasteiger partial charge in [0.2, 0.25) is 65.0 Å². The van der Waals surface area contributed by atoms with Gasteiger partial charge in [-0.3, -0.25) is 0 Å². The predicted molar refractivity (Wildman–Crippen MR) is 345 cm³/mol. The van der Waals surface area contributed by atoms with Crippen LogP contribution in [0.3, 0.4) is 0 Å². The molecule has 0 aliphatic carbocycles. The Bertz CT molecular complexity index is 5290. The monoisotopic (exact) mass is 1570 g/mol. The smallest absolute Gasteiger partial charge is 0.342 e. The third kappa shape index (κ3) is 13.5. The molecule has 2 bridgehead atoms. The van der Waals surface area contributed by atoms with E-state index in [0.29, 0.717) is 54.6 Å². The van der Waals surface area contributed by atoms with Crippen LogP contribution in [0.2, 0.25) is 0 Å². The van der Waals surface area contributed by atoms with Gasteiger partial charge in [0.05, 0.1) is 40.0 Å². The molecule has 8 aromatic rings. The maximum Gasteiger partial charge on any atom is 0.342 e. The first-order valence-corrected chi connectivity index (χ1v) is 31.1. The van der Waals surface area contributed by atoms with Crippen LogP contribution >= 0.6 is 0 Å². The Balaban J connectivity index is 1.01. The van der Waals surface area contributed by atoms with Crippen LogP contribution in [0.25, 0.3) is 11.1 Å². The number of cyclic esters (lactones) is 1. The van der Waals surface area contributed by atoms with Crippen LogP contribution < -0.4 is 9.47 Å². The maximum absolute atomic E-state index is 15.4. The lowest BCUT2D eigenvalue weighted by Crippen LogP contribution is -2.63. The van der Waals surface area contributed by atoms with Crippen LogP contribution in [0.5, 0.6) is 149 Å². The molecule has 8 aromatic carbocycles. The first-order chi connectivity index (χ1) is 52.8. The zero-order valence-electron chi connectivity index (χ0n) is 55.0. The number of aliphatic hydroxyl groups is 2. The van der Waals surface area contributed by atoms with Crippen molar-refractivity contribution >= 4 is 47.8 Å². The van der Waals surface area contributed by atoms with E-state index in [9.17, 15) is 156 Å². The van der Waals surface area contributed by atoms with Crippen molar-refractivity contribution in [2.45, 2.75) is 61.4 Å². The molecule has 12 rings (SSSR count). The molecular formula is C68H50O44. The molecule has 44 heteroatoms. The van der Waals surface area contributed by atoms with E-state index in [1.807, 2.05) is 0 Å². The fourth-order valence-electron chi connectivity index (χ4n) is 11.6. The summed E-state index contributed by atoms with van der Waals surface area (Å²) in [7, 11) is 0. The number of phenolic OH excluding ortho intramolecular Hbond substituents is 22. The zero-order chi connectivity index (χ0) is 81.6. The molecule has 4 aliphatic rings. The van der Waals surface area contributed by atoms with E-state index in [2.05, 4.69) is 0 Å². The van der Waals surface area contributed by atoms with E-state index in [1.54, 1.807) is 0 Å². The van der Waals surface area contributed by atoms with Crippen molar-refractivity contribution in [3.63, 3.8) is 0 Å². The predicted octanol–water partition coefficient (Wildman–Crippen LogP) is 2.19. The molecule has 0 radical (unpaired) electrons. The minimum Gasteiger partial charge on any atom is -0.504 e. The highest BCUT2D eigenvalue weighted by atomic mass is 16.8. The third-order valence-corrected chi connectivity index (χ3v) is 17.1. The molecule has 4 aliphatic heterocycles. The van der Waals surface area contributed by atoms with E-state index in [4.69, 9.17) is 56.8 Å². The normalized spacial score (nSPS) is 20.6. The average Bonchev–Trinajstić information content (AvgIpc) is 1.23. The van der Waals surface area contributed by atoms with Crippen LogP contribution in [-0.4, -0.2) is 245 Å². The molecule has 0 spiro atoms. The molecule has 0 amide bonds. The largest absolute Gasteiger partial charge is 0.504 e. The fraction of sp³-hybridized carbons (Fsp3) is 0.176. The lowest BCUT2D eigenvalue weighted by molar-refractivity contribution is -0.283. The molecule has 4 heterocycles. The molecular weight excluding hydrogens is 1520 g/mol. The number of rotatable bonds is 11. The Labute approximate surface area is 616 Å². The molecule has 112 heavy (non-hydrogen) atoms. The van der Waals surface area contributed by atoms with Gasteiger partial charge in [-0.1, -0.05) is 0 Å². The molecule has 24 N–H and O–H groups in total. The lowest BCUT2D eigenvalue weighted by Gasteiger charge is -2.43. The number of benzene rings is 8. The van der Waals surface area contributed by atoms with Crippen LogP contribution in [0.4, 0.5) is 0 Å². The highest BCUT2D eigenvalue weighted by Crippen LogP contribution is 2.57. The van der Waals surface area contributed by atoms with Gasteiger partial charge in [-0.25, -0.2) is 38.4 Å². The highest BCUT2D eigenvalue weighted by molar-refractivity contribution is 6.09. The Morgan fingerprint density at radius 1 is 0.393 bits per heavy atom. The first-order valence-electron chi connectivity index (χ1n) is 31.1. The summed E-state index contributed by atoms with van der Waals surface area (Å²) in [5.41, 5.74) is -11.5. The van der Waals surface area contributed by atoms with Gasteiger partial charge in [-0.05, 0) is 60.7 Å². The van der Waals surface area contributed by atoms with Crippen molar-refractivity contribution in [2.24, 2.45) is 0 Å². The van der Waals surface area contributed by atoms with Crippen LogP contribution in [0, 0.1) is 0 Å². The van der Waals surface area contributed by atoms with Crippen molar-refractivity contribution in [3.8, 4) is 161 Å². The van der Waals surface area contributed by atoms with Crippen LogP contribution in [-0.2, 0) is 47.4 Å². The van der Waals surface area contributed by atoms with Gasteiger partial charge in [-0.2, -0.15) is 0 Å². The van der Waals surface area contributed by atoms with Gasteiger partial charge in [0.25, 0.3) is 0 Å². The molecule has 0 aromatic heterocycles. The number of hydrogen-bond donors (Lipinski definition) is 24. The van der Waals surface area contributed by atoms with Crippen molar-refractivity contribution in [2.75, 3.05) is 13.2 Å². The summed E-state index contributed by atoms with van der Waals surface area (Å²) in [6.07, 6.45) is -26.2. The standard InChI is InChI=1S/C68H50O44/c69-13-35-47(88)55(107-59(93)15-1-23(70)39(80)24(71)2-15)57-67(104-35)112-62(96)18-7-29(76)42(83)33(8-18)102-53-22(66(100)109-57)12-34(46(87)51(53)92)103-52-21(11-32(79)45(86)50(52)91)65(99)110-58-56(108-60(94)16-3-25(72)40(81)26(73)4-16)54-36(105-68(58)111-61(95)17-5-27(74)41(82)28(75)6-17)14-101-63(97)19-9-30(77)43(84)48(89)37(19)38-20(64(98)106-54)10-31(78)44(85)49(38)90/h1-12,35-36,47,54-58,67-92H,13-14H2/t35-,36-,47-,54-,55+,56+,57-,58-,67+,68+/m1/s1. The summed E-state index contributed by atoms with van der Waals surface area (Å²) in [5.74, 6) is -52.2. The summed E-state index contributed by atoms with van der Waals surface area (Å²) in [5, 5.41) is 260. The first kappa shape index (κ1) is 76.2. The molecule has 2 fully saturated rings. The average molecular weight is 1570 g/mol. The molecule has 586 valence electrons. The fourth-order valence-corrected chi connectivity index (χ4v) is 11.6. The highest BCUT2D eigenvalue weighted by Gasteiger charge is 2.57. The minimum atomic E-state index is -3.05. The number of phenols is 22. The Morgan fingerprint density at radius 2 is 0.839 bits per heavy atom. The number of carbonyl (C=O) groups is 8. The minimum absolute atomic E-state index is 0.119. The van der Waals surface area contributed by atoms with Gasteiger partial charge in [-0.15, -0.1) is 0 Å². The molecule has 0 saturated carbocycles. The van der Waals surface area contributed by atoms with E-state index >= 15 is 4.79 Å².